The van der Waals surface area contributed by atoms with Crippen LogP contribution in [0.15, 0.2) is 40.6 Å². The second-order valence-corrected chi connectivity index (χ2v) is 9.12. The van der Waals surface area contributed by atoms with Gasteiger partial charge >= 0.3 is 0 Å². The molecule has 1 N–H and O–H groups in total. The van der Waals surface area contributed by atoms with Crippen LogP contribution in [0.3, 0.4) is 0 Å². The summed E-state index contributed by atoms with van der Waals surface area (Å²) < 4.78 is 32.0. The van der Waals surface area contributed by atoms with Crippen molar-refractivity contribution in [3.05, 3.63) is 40.6 Å². The van der Waals surface area contributed by atoms with E-state index in [1.54, 1.807) is 23.6 Å². The Balaban J connectivity index is 1.83. The second-order valence-electron chi connectivity index (χ2n) is 6.24. The van der Waals surface area contributed by atoms with Gasteiger partial charge in [0.2, 0.25) is 0 Å². The first-order chi connectivity index (χ1) is 12.4. The van der Waals surface area contributed by atoms with Gasteiger partial charge < -0.3 is 10.1 Å². The van der Waals surface area contributed by atoms with Gasteiger partial charge in [0.15, 0.2) is 0 Å². The summed E-state index contributed by atoms with van der Waals surface area (Å²) in [5.41, 5.74) is 0.390. The molecule has 1 aromatic heterocycles. The van der Waals surface area contributed by atoms with E-state index >= 15 is 0 Å². The Hall–Kier alpha value is -2.06. The monoisotopic (exact) mass is 394 g/mol. The predicted molar refractivity (Wildman–Crippen MR) is 103 cm³/mol. The van der Waals surface area contributed by atoms with Crippen molar-refractivity contribution < 1.29 is 17.9 Å². The third kappa shape index (κ3) is 3.71. The van der Waals surface area contributed by atoms with Gasteiger partial charge in [-0.15, -0.1) is 11.3 Å². The lowest BCUT2D eigenvalue weighted by Gasteiger charge is -2.20. The number of carbonyl (C=O) groups excluding carboxylic acids is 1. The molecule has 1 aliphatic rings. The van der Waals surface area contributed by atoms with Crippen molar-refractivity contribution >= 4 is 33.0 Å². The summed E-state index contributed by atoms with van der Waals surface area (Å²) in [5.74, 6) is 0.373. The van der Waals surface area contributed by atoms with E-state index in [1.807, 2.05) is 0 Å². The highest BCUT2D eigenvalue weighted by molar-refractivity contribution is 7.92. The maximum absolute atomic E-state index is 12.9. The number of sulfonamides is 1. The summed E-state index contributed by atoms with van der Waals surface area (Å²) in [7, 11) is -0.775. The molecule has 0 radical (unpaired) electrons. The second kappa shape index (κ2) is 7.67. The lowest BCUT2D eigenvalue weighted by Crippen LogP contribution is -2.34. The lowest BCUT2D eigenvalue weighted by atomic mass is 10.2. The number of hydrogen-bond acceptors (Lipinski definition) is 5. The largest absolute Gasteiger partial charge is 0.497 e. The van der Waals surface area contributed by atoms with Gasteiger partial charge in [-0.2, -0.15) is 0 Å². The maximum Gasteiger partial charge on any atom is 0.264 e. The minimum absolute atomic E-state index is 0.147. The van der Waals surface area contributed by atoms with Crippen LogP contribution in [-0.2, 0) is 10.0 Å². The molecule has 0 atom stereocenters. The van der Waals surface area contributed by atoms with E-state index in [2.05, 4.69) is 5.32 Å². The van der Waals surface area contributed by atoms with Crippen LogP contribution >= 0.6 is 11.3 Å². The summed E-state index contributed by atoms with van der Waals surface area (Å²) in [6.45, 7) is 0. The van der Waals surface area contributed by atoms with E-state index in [-0.39, 0.29) is 16.8 Å². The number of rotatable bonds is 6. The third-order valence-electron chi connectivity index (χ3n) is 4.60. The average Bonchev–Trinajstić information content (AvgIpc) is 3.32. The Morgan fingerprint density at radius 3 is 2.46 bits per heavy atom. The summed E-state index contributed by atoms with van der Waals surface area (Å²) in [5, 5.41) is 4.75. The fraction of sp³-hybridized carbons (Fsp3) is 0.389. The molecule has 6 nitrogen and oxygen atoms in total. The first-order valence-electron chi connectivity index (χ1n) is 8.45. The van der Waals surface area contributed by atoms with Crippen molar-refractivity contribution in [2.24, 2.45) is 0 Å². The minimum Gasteiger partial charge on any atom is -0.497 e. The first kappa shape index (κ1) is 18.7. The number of ether oxygens (including phenoxy) is 1. The predicted octanol–water partition coefficient (Wildman–Crippen LogP) is 3.25. The molecule has 1 aromatic carbocycles. The smallest absolute Gasteiger partial charge is 0.264 e. The van der Waals surface area contributed by atoms with Crippen molar-refractivity contribution in [1.29, 1.82) is 0 Å². The lowest BCUT2D eigenvalue weighted by molar-refractivity contribution is 0.0942. The van der Waals surface area contributed by atoms with Crippen LogP contribution < -0.4 is 14.4 Å². The molecular weight excluding hydrogens is 372 g/mol. The van der Waals surface area contributed by atoms with E-state index in [0.29, 0.717) is 16.3 Å². The summed E-state index contributed by atoms with van der Waals surface area (Å²) in [6, 6.07) is 8.03. The number of methoxy groups -OCH3 is 1. The van der Waals surface area contributed by atoms with Crippen molar-refractivity contribution in [1.82, 2.24) is 5.32 Å². The topological polar surface area (TPSA) is 75.7 Å². The molecule has 0 unspecified atom stereocenters. The van der Waals surface area contributed by atoms with E-state index < -0.39 is 10.0 Å². The molecule has 1 aliphatic carbocycles. The molecule has 1 fully saturated rings. The highest BCUT2D eigenvalue weighted by Gasteiger charge is 2.27. The van der Waals surface area contributed by atoms with Crippen molar-refractivity contribution in [3.8, 4) is 5.75 Å². The standard InChI is InChI=1S/C18H22N2O4S2/c1-20(26(22,23)15-9-7-14(24-2)8-10-15)16-11-12-25-17(16)18(21)19-13-5-3-4-6-13/h7-13H,3-6H2,1-2H3,(H,19,21). The van der Waals surface area contributed by atoms with E-state index in [4.69, 9.17) is 4.74 Å². The number of nitrogens with zero attached hydrogens (tertiary/aromatic N) is 1. The number of anilines is 1. The molecule has 1 heterocycles. The van der Waals surface area contributed by atoms with Crippen LogP contribution in [-0.4, -0.2) is 34.5 Å². The number of hydrogen-bond donors (Lipinski definition) is 1. The molecular formula is C18H22N2O4S2. The van der Waals surface area contributed by atoms with Gasteiger partial charge in [-0.3, -0.25) is 9.10 Å². The Labute approximate surface area is 157 Å². The van der Waals surface area contributed by atoms with Crippen LogP contribution in [0.1, 0.15) is 35.4 Å². The zero-order valence-electron chi connectivity index (χ0n) is 14.8. The Morgan fingerprint density at radius 2 is 1.85 bits per heavy atom. The number of nitrogens with one attached hydrogen (secondary N) is 1. The molecule has 0 spiro atoms. The van der Waals surface area contributed by atoms with Crippen LogP contribution in [0, 0.1) is 0 Å². The molecule has 140 valence electrons. The third-order valence-corrected chi connectivity index (χ3v) is 7.29. The summed E-state index contributed by atoms with van der Waals surface area (Å²) in [4.78, 5) is 13.2. The zero-order valence-corrected chi connectivity index (χ0v) is 16.4. The average molecular weight is 395 g/mol. The fourth-order valence-electron chi connectivity index (χ4n) is 3.08. The highest BCUT2D eigenvalue weighted by atomic mass is 32.2. The quantitative estimate of drug-likeness (QED) is 0.816. The minimum atomic E-state index is -3.77. The summed E-state index contributed by atoms with van der Waals surface area (Å²) in [6.07, 6.45) is 4.20. The van der Waals surface area contributed by atoms with Crippen molar-refractivity contribution in [3.63, 3.8) is 0 Å². The molecule has 2 aromatic rings. The van der Waals surface area contributed by atoms with E-state index in [1.165, 1.54) is 37.6 Å². The van der Waals surface area contributed by atoms with Crippen LogP contribution in [0.4, 0.5) is 5.69 Å². The van der Waals surface area contributed by atoms with Gasteiger partial charge in [-0.05, 0) is 48.6 Å². The molecule has 3 rings (SSSR count). The number of thiophene rings is 1. The Kier molecular flexibility index (Phi) is 5.52. The molecule has 0 bridgehead atoms. The van der Waals surface area contributed by atoms with Crippen molar-refractivity contribution in [2.45, 2.75) is 36.6 Å². The van der Waals surface area contributed by atoms with Gasteiger partial charge in [0.05, 0.1) is 17.7 Å². The Morgan fingerprint density at radius 1 is 1.19 bits per heavy atom. The Bertz CT molecular complexity index is 869. The molecule has 0 saturated heterocycles. The van der Waals surface area contributed by atoms with Gasteiger partial charge in [0.1, 0.15) is 10.6 Å². The van der Waals surface area contributed by atoms with Crippen molar-refractivity contribution in [2.75, 3.05) is 18.5 Å². The van der Waals surface area contributed by atoms with Gasteiger partial charge in [-0.25, -0.2) is 8.42 Å². The highest BCUT2D eigenvalue weighted by Crippen LogP contribution is 2.31. The first-order valence-corrected chi connectivity index (χ1v) is 10.8. The van der Waals surface area contributed by atoms with E-state index in [9.17, 15) is 13.2 Å². The normalized spacial score (nSPS) is 15.0. The van der Waals surface area contributed by atoms with Gasteiger partial charge in [0, 0.05) is 13.1 Å². The molecule has 1 amide bonds. The zero-order chi connectivity index (χ0) is 18.7. The number of carbonyl (C=O) groups is 1. The van der Waals surface area contributed by atoms with Gasteiger partial charge in [0.25, 0.3) is 15.9 Å². The molecule has 0 aliphatic heterocycles. The fourth-order valence-corrected chi connectivity index (χ4v) is 5.17. The molecule has 8 heteroatoms. The van der Waals surface area contributed by atoms with Crippen LogP contribution in [0.25, 0.3) is 0 Å². The number of benzene rings is 1. The van der Waals surface area contributed by atoms with Gasteiger partial charge in [-0.1, -0.05) is 12.8 Å². The summed E-state index contributed by atoms with van der Waals surface area (Å²) >= 11 is 1.25. The van der Waals surface area contributed by atoms with Crippen LogP contribution in [0.2, 0.25) is 0 Å². The SMILES string of the molecule is COc1ccc(S(=O)(=O)N(C)c2ccsc2C(=O)NC2CCCC2)cc1. The molecule has 1 saturated carbocycles. The van der Waals surface area contributed by atoms with E-state index in [0.717, 1.165) is 30.0 Å². The molecule has 26 heavy (non-hydrogen) atoms. The maximum atomic E-state index is 12.9. The number of amides is 1. The van der Waals surface area contributed by atoms with Crippen LogP contribution in [0.5, 0.6) is 5.75 Å².